The van der Waals surface area contributed by atoms with Crippen LogP contribution in [0.2, 0.25) is 0 Å². The van der Waals surface area contributed by atoms with Crippen LogP contribution < -0.4 is 5.32 Å². The number of carbonyl (C=O) groups is 3. The molecule has 2 N–H and O–H groups in total. The molecule has 1 aromatic rings. The summed E-state index contributed by atoms with van der Waals surface area (Å²) in [4.78, 5) is 38.6. The molecule has 0 spiro atoms. The first-order valence-corrected chi connectivity index (χ1v) is 7.72. The van der Waals surface area contributed by atoms with E-state index in [0.29, 0.717) is 0 Å². The molecule has 1 aromatic carbocycles. The van der Waals surface area contributed by atoms with E-state index in [4.69, 9.17) is 4.74 Å². The van der Waals surface area contributed by atoms with Gasteiger partial charge >= 0.3 is 5.97 Å². The Balaban J connectivity index is 2.12. The van der Waals surface area contributed by atoms with Crippen molar-refractivity contribution in [2.45, 2.75) is 18.5 Å². The molecule has 24 heavy (non-hydrogen) atoms. The molecule has 7 nitrogen and oxygen atoms in total. The number of carbonyl (C=O) groups excluding carboxylic acids is 3. The van der Waals surface area contributed by atoms with Crippen LogP contribution in [0.25, 0.3) is 0 Å². The van der Waals surface area contributed by atoms with E-state index in [9.17, 15) is 19.5 Å². The van der Waals surface area contributed by atoms with Gasteiger partial charge in [-0.2, -0.15) is 0 Å². The van der Waals surface area contributed by atoms with E-state index in [1.807, 2.05) is 31.2 Å². The van der Waals surface area contributed by atoms with E-state index < -0.39 is 41.9 Å². The van der Waals surface area contributed by atoms with Gasteiger partial charge in [0.15, 0.2) is 5.54 Å². The molecule has 2 aliphatic heterocycles. The highest BCUT2D eigenvalue weighted by Gasteiger charge is 2.68. The number of aryl methyl sites for hydroxylation is 1. The summed E-state index contributed by atoms with van der Waals surface area (Å²) < 4.78 is 4.82. The number of hydrogen-bond acceptors (Lipinski definition) is 6. The van der Waals surface area contributed by atoms with Crippen molar-refractivity contribution in [2.24, 2.45) is 11.8 Å². The number of hydrogen-bond donors (Lipinski definition) is 2. The Morgan fingerprint density at radius 2 is 1.92 bits per heavy atom. The van der Waals surface area contributed by atoms with Crippen LogP contribution in [0.1, 0.15) is 17.2 Å². The molecule has 0 bridgehead atoms. The van der Waals surface area contributed by atoms with Crippen molar-refractivity contribution >= 4 is 17.8 Å². The highest BCUT2D eigenvalue weighted by atomic mass is 16.5. The van der Waals surface area contributed by atoms with E-state index in [2.05, 4.69) is 5.32 Å². The first-order chi connectivity index (χ1) is 11.4. The normalized spacial score (nSPS) is 32.2. The lowest BCUT2D eigenvalue weighted by Crippen LogP contribution is -2.58. The first-order valence-electron chi connectivity index (χ1n) is 7.72. The maximum atomic E-state index is 12.6. The Hall–Kier alpha value is -2.25. The van der Waals surface area contributed by atoms with Crippen LogP contribution in [0, 0.1) is 18.8 Å². The fraction of sp³-hybridized carbons (Fsp3) is 0.471. The molecule has 128 valence electrons. The SMILES string of the molecule is COC(=O)[C@@]1(CO)N[C@H](c2ccc(C)cc2)[C@@H]2C(=O)N(C)C(=O)[C@H]21. The van der Waals surface area contributed by atoms with Crippen molar-refractivity contribution in [1.29, 1.82) is 0 Å². The van der Waals surface area contributed by atoms with Crippen LogP contribution in [-0.2, 0) is 19.1 Å². The predicted molar refractivity (Wildman–Crippen MR) is 83.6 cm³/mol. The Morgan fingerprint density at radius 3 is 2.46 bits per heavy atom. The number of aliphatic hydroxyl groups is 1. The summed E-state index contributed by atoms with van der Waals surface area (Å²) >= 11 is 0. The van der Waals surface area contributed by atoms with Crippen molar-refractivity contribution in [3.05, 3.63) is 35.4 Å². The second kappa shape index (κ2) is 5.68. The molecule has 0 unspecified atom stereocenters. The molecule has 4 atom stereocenters. The maximum absolute atomic E-state index is 12.6. The van der Waals surface area contributed by atoms with E-state index in [-0.39, 0.29) is 5.91 Å². The summed E-state index contributed by atoms with van der Waals surface area (Å²) in [6.45, 7) is 1.31. The lowest BCUT2D eigenvalue weighted by atomic mass is 9.79. The van der Waals surface area contributed by atoms with Crippen LogP contribution in [0.3, 0.4) is 0 Å². The Morgan fingerprint density at radius 1 is 1.29 bits per heavy atom. The first kappa shape index (κ1) is 16.6. The van der Waals surface area contributed by atoms with Gasteiger partial charge in [-0.1, -0.05) is 29.8 Å². The topological polar surface area (TPSA) is 95.9 Å². The second-order valence-electron chi connectivity index (χ2n) is 6.39. The largest absolute Gasteiger partial charge is 0.468 e. The Bertz CT molecular complexity index is 701. The molecular formula is C17H20N2O5. The molecule has 3 rings (SSSR count). The van der Waals surface area contributed by atoms with Gasteiger partial charge in [-0.05, 0) is 12.5 Å². The summed E-state index contributed by atoms with van der Waals surface area (Å²) in [7, 11) is 2.59. The van der Waals surface area contributed by atoms with Gasteiger partial charge in [0.1, 0.15) is 0 Å². The summed E-state index contributed by atoms with van der Waals surface area (Å²) in [5, 5.41) is 12.9. The van der Waals surface area contributed by atoms with E-state index in [1.165, 1.54) is 14.2 Å². The minimum absolute atomic E-state index is 0.359. The number of imide groups is 1. The zero-order chi connectivity index (χ0) is 17.6. The summed E-state index contributed by atoms with van der Waals surface area (Å²) in [5.41, 5.74) is 0.221. The van der Waals surface area contributed by atoms with Gasteiger partial charge in [0.2, 0.25) is 11.8 Å². The third kappa shape index (κ3) is 2.08. The Labute approximate surface area is 139 Å². The van der Waals surface area contributed by atoms with Crippen molar-refractivity contribution in [3.63, 3.8) is 0 Å². The number of aliphatic hydroxyl groups excluding tert-OH is 1. The highest BCUT2D eigenvalue weighted by Crippen LogP contribution is 2.48. The summed E-state index contributed by atoms with van der Waals surface area (Å²) in [5.74, 6) is -3.32. The number of likely N-dealkylation sites (tertiary alicyclic amines) is 1. The van der Waals surface area contributed by atoms with Crippen molar-refractivity contribution in [1.82, 2.24) is 10.2 Å². The van der Waals surface area contributed by atoms with Crippen molar-refractivity contribution in [3.8, 4) is 0 Å². The summed E-state index contributed by atoms with van der Waals surface area (Å²) in [6.07, 6.45) is 0. The molecule has 0 radical (unpaired) electrons. The lowest BCUT2D eigenvalue weighted by Gasteiger charge is -2.29. The average Bonchev–Trinajstić information content (AvgIpc) is 3.05. The van der Waals surface area contributed by atoms with E-state index >= 15 is 0 Å². The second-order valence-corrected chi connectivity index (χ2v) is 6.39. The standard InChI is InChI=1S/C17H20N2O5/c1-9-4-6-10(7-5-9)13-11-12(15(22)19(2)14(11)21)17(8-20,18-13)16(23)24-3/h4-7,11-13,18,20H,8H2,1-3H3/t11-,12+,13-,17+/m1/s1. The number of amides is 2. The third-order valence-electron chi connectivity index (χ3n) is 5.11. The van der Waals surface area contributed by atoms with Gasteiger partial charge in [-0.15, -0.1) is 0 Å². The number of methoxy groups -OCH3 is 1. The maximum Gasteiger partial charge on any atom is 0.329 e. The number of esters is 1. The smallest absolute Gasteiger partial charge is 0.329 e. The summed E-state index contributed by atoms with van der Waals surface area (Å²) in [6, 6.07) is 6.95. The van der Waals surface area contributed by atoms with Gasteiger partial charge in [0.25, 0.3) is 0 Å². The van der Waals surface area contributed by atoms with E-state index in [0.717, 1.165) is 16.0 Å². The van der Waals surface area contributed by atoms with Crippen LogP contribution in [-0.4, -0.2) is 54.1 Å². The monoisotopic (exact) mass is 332 g/mol. The molecule has 2 heterocycles. The number of nitrogens with zero attached hydrogens (tertiary/aromatic N) is 1. The lowest BCUT2D eigenvalue weighted by molar-refractivity contribution is -0.156. The Kier molecular flexibility index (Phi) is 3.93. The van der Waals surface area contributed by atoms with Gasteiger partial charge < -0.3 is 9.84 Å². The molecule has 2 amide bonds. The molecular weight excluding hydrogens is 312 g/mol. The van der Waals surface area contributed by atoms with Crippen LogP contribution in [0.4, 0.5) is 0 Å². The minimum Gasteiger partial charge on any atom is -0.468 e. The van der Waals surface area contributed by atoms with Gasteiger partial charge in [-0.25, -0.2) is 4.79 Å². The molecule has 7 heteroatoms. The average molecular weight is 332 g/mol. The zero-order valence-corrected chi connectivity index (χ0v) is 13.8. The molecule has 2 saturated heterocycles. The van der Waals surface area contributed by atoms with Crippen LogP contribution >= 0.6 is 0 Å². The predicted octanol–water partition coefficient (Wildman–Crippen LogP) is -0.226. The third-order valence-corrected chi connectivity index (χ3v) is 5.11. The fourth-order valence-corrected chi connectivity index (χ4v) is 3.79. The molecule has 2 fully saturated rings. The zero-order valence-electron chi connectivity index (χ0n) is 13.8. The number of nitrogens with one attached hydrogen (secondary N) is 1. The fourth-order valence-electron chi connectivity index (χ4n) is 3.79. The van der Waals surface area contributed by atoms with Crippen molar-refractivity contribution < 1.29 is 24.2 Å². The molecule has 0 aliphatic carbocycles. The van der Waals surface area contributed by atoms with Crippen LogP contribution in [0.15, 0.2) is 24.3 Å². The molecule has 2 aliphatic rings. The minimum atomic E-state index is -1.62. The van der Waals surface area contributed by atoms with Gasteiger partial charge in [0.05, 0.1) is 25.6 Å². The van der Waals surface area contributed by atoms with Gasteiger partial charge in [0, 0.05) is 13.1 Å². The number of rotatable bonds is 3. The molecule has 0 aromatic heterocycles. The van der Waals surface area contributed by atoms with E-state index in [1.54, 1.807) is 0 Å². The van der Waals surface area contributed by atoms with Gasteiger partial charge in [-0.3, -0.25) is 19.8 Å². The molecule has 0 saturated carbocycles. The number of fused-ring (bicyclic) bond motifs is 1. The highest BCUT2D eigenvalue weighted by molar-refractivity contribution is 6.09. The number of benzene rings is 1. The van der Waals surface area contributed by atoms with Crippen LogP contribution in [0.5, 0.6) is 0 Å². The van der Waals surface area contributed by atoms with Crippen molar-refractivity contribution in [2.75, 3.05) is 20.8 Å². The number of ether oxygens (including phenoxy) is 1. The quantitative estimate of drug-likeness (QED) is 0.587.